The maximum atomic E-state index is 13.4. The SMILES string of the molecule is Oc1ccccc1/C=C/CN1CCN(CCOC(c2ccc(F)cc2)c2ccc(F)cc2)CC1. The van der Waals surface area contributed by atoms with Crippen molar-refractivity contribution >= 4 is 6.08 Å². The first-order valence-electron chi connectivity index (χ1n) is 11.6. The van der Waals surface area contributed by atoms with Gasteiger partial charge in [0.25, 0.3) is 0 Å². The number of nitrogens with zero attached hydrogens (tertiary/aromatic N) is 2. The Bertz CT molecular complexity index is 1020. The van der Waals surface area contributed by atoms with Crippen LogP contribution in [0.15, 0.2) is 78.9 Å². The average molecular weight is 465 g/mol. The van der Waals surface area contributed by atoms with Gasteiger partial charge in [0.15, 0.2) is 0 Å². The van der Waals surface area contributed by atoms with Crippen LogP contribution in [0.4, 0.5) is 8.78 Å². The number of aromatic hydroxyl groups is 1. The fourth-order valence-corrected chi connectivity index (χ4v) is 4.11. The van der Waals surface area contributed by atoms with E-state index in [1.165, 1.54) is 24.3 Å². The first kappa shape index (κ1) is 24.1. The first-order valence-corrected chi connectivity index (χ1v) is 11.6. The van der Waals surface area contributed by atoms with E-state index in [0.29, 0.717) is 12.4 Å². The molecule has 1 aliphatic heterocycles. The molecule has 3 aromatic rings. The molecule has 0 saturated carbocycles. The van der Waals surface area contributed by atoms with Crippen molar-refractivity contribution in [1.82, 2.24) is 9.80 Å². The number of phenols is 1. The average Bonchev–Trinajstić information content (AvgIpc) is 2.85. The number of halogens is 2. The predicted molar refractivity (Wildman–Crippen MR) is 131 cm³/mol. The summed E-state index contributed by atoms with van der Waals surface area (Å²) in [7, 11) is 0. The largest absolute Gasteiger partial charge is 0.507 e. The van der Waals surface area contributed by atoms with E-state index < -0.39 is 0 Å². The van der Waals surface area contributed by atoms with Gasteiger partial charge in [0.2, 0.25) is 0 Å². The monoisotopic (exact) mass is 464 g/mol. The Labute approximate surface area is 199 Å². The van der Waals surface area contributed by atoms with Gasteiger partial charge in [0, 0.05) is 44.8 Å². The summed E-state index contributed by atoms with van der Waals surface area (Å²) in [5, 5.41) is 9.86. The van der Waals surface area contributed by atoms with Crippen LogP contribution in [0.2, 0.25) is 0 Å². The van der Waals surface area contributed by atoms with Crippen molar-refractivity contribution in [3.63, 3.8) is 0 Å². The second-order valence-electron chi connectivity index (χ2n) is 8.46. The topological polar surface area (TPSA) is 35.9 Å². The highest BCUT2D eigenvalue weighted by molar-refractivity contribution is 5.56. The summed E-state index contributed by atoms with van der Waals surface area (Å²) in [5.74, 6) is -0.298. The molecule has 4 nitrogen and oxygen atoms in total. The Morgan fingerprint density at radius 3 is 1.94 bits per heavy atom. The zero-order valence-electron chi connectivity index (χ0n) is 19.1. The van der Waals surface area contributed by atoms with Gasteiger partial charge in [-0.3, -0.25) is 9.80 Å². The molecule has 0 radical (unpaired) electrons. The molecule has 1 heterocycles. The van der Waals surface area contributed by atoms with E-state index in [2.05, 4.69) is 15.9 Å². The Morgan fingerprint density at radius 1 is 0.794 bits per heavy atom. The Balaban J connectivity index is 1.25. The molecule has 1 saturated heterocycles. The summed E-state index contributed by atoms with van der Waals surface area (Å²) in [6, 6.07) is 19.8. The summed E-state index contributed by atoms with van der Waals surface area (Å²) in [6.45, 7) is 5.98. The second-order valence-corrected chi connectivity index (χ2v) is 8.46. The van der Waals surface area contributed by atoms with Gasteiger partial charge in [0.1, 0.15) is 23.5 Å². The number of para-hydroxylation sites is 1. The van der Waals surface area contributed by atoms with E-state index in [0.717, 1.165) is 56.0 Å². The van der Waals surface area contributed by atoms with Gasteiger partial charge < -0.3 is 9.84 Å². The van der Waals surface area contributed by atoms with Crippen molar-refractivity contribution in [2.45, 2.75) is 6.10 Å². The maximum Gasteiger partial charge on any atom is 0.123 e. The number of hydrogen-bond acceptors (Lipinski definition) is 4. The fraction of sp³-hybridized carbons (Fsp3) is 0.286. The van der Waals surface area contributed by atoms with Gasteiger partial charge in [0.05, 0.1) is 6.61 Å². The third-order valence-corrected chi connectivity index (χ3v) is 6.10. The number of phenolic OH excluding ortho intramolecular Hbond substituents is 1. The van der Waals surface area contributed by atoms with Crippen LogP contribution in [-0.4, -0.2) is 60.8 Å². The third kappa shape index (κ3) is 6.73. The zero-order chi connectivity index (χ0) is 23.8. The smallest absolute Gasteiger partial charge is 0.123 e. The Morgan fingerprint density at radius 2 is 1.35 bits per heavy atom. The molecule has 1 aliphatic rings. The molecule has 34 heavy (non-hydrogen) atoms. The molecule has 0 bridgehead atoms. The molecule has 0 aromatic heterocycles. The molecule has 6 heteroatoms. The molecule has 0 unspecified atom stereocenters. The number of benzene rings is 3. The molecule has 3 aromatic carbocycles. The van der Waals surface area contributed by atoms with E-state index >= 15 is 0 Å². The van der Waals surface area contributed by atoms with E-state index in [-0.39, 0.29) is 17.7 Å². The molecule has 178 valence electrons. The lowest BCUT2D eigenvalue weighted by molar-refractivity contribution is 0.0467. The fourth-order valence-electron chi connectivity index (χ4n) is 4.11. The molecule has 1 N–H and O–H groups in total. The van der Waals surface area contributed by atoms with Crippen molar-refractivity contribution in [2.75, 3.05) is 45.9 Å². The van der Waals surface area contributed by atoms with Crippen LogP contribution in [0.3, 0.4) is 0 Å². The molecule has 1 fully saturated rings. The van der Waals surface area contributed by atoms with Gasteiger partial charge in [-0.05, 0) is 41.5 Å². The number of rotatable bonds is 9. The summed E-state index contributed by atoms with van der Waals surface area (Å²) < 4.78 is 33.0. The summed E-state index contributed by atoms with van der Waals surface area (Å²) >= 11 is 0. The van der Waals surface area contributed by atoms with Crippen molar-refractivity contribution in [3.8, 4) is 5.75 Å². The first-order chi connectivity index (χ1) is 16.6. The van der Waals surface area contributed by atoms with Crippen LogP contribution in [0, 0.1) is 11.6 Å². The van der Waals surface area contributed by atoms with E-state index in [9.17, 15) is 13.9 Å². The Hall–Kier alpha value is -3.06. The number of hydrogen-bond donors (Lipinski definition) is 1. The second kappa shape index (κ2) is 11.9. The zero-order valence-corrected chi connectivity index (χ0v) is 19.1. The van der Waals surface area contributed by atoms with E-state index in [1.807, 2.05) is 24.3 Å². The minimum absolute atomic E-state index is 0.295. The van der Waals surface area contributed by atoms with Crippen LogP contribution in [-0.2, 0) is 4.74 Å². The molecule has 0 atom stereocenters. The minimum atomic E-state index is -0.373. The summed E-state index contributed by atoms with van der Waals surface area (Å²) in [4.78, 5) is 4.75. The number of piperazine rings is 1. The Kier molecular flexibility index (Phi) is 8.41. The van der Waals surface area contributed by atoms with Crippen LogP contribution >= 0.6 is 0 Å². The molecular weight excluding hydrogens is 434 g/mol. The van der Waals surface area contributed by atoms with Crippen LogP contribution in [0.5, 0.6) is 5.75 Å². The highest BCUT2D eigenvalue weighted by atomic mass is 19.1. The van der Waals surface area contributed by atoms with E-state index in [1.54, 1.807) is 30.3 Å². The van der Waals surface area contributed by atoms with Gasteiger partial charge >= 0.3 is 0 Å². The standard InChI is InChI=1S/C28H30F2N2O2/c29-25-11-7-23(8-12-25)28(24-9-13-26(30)14-10-24)34-21-20-32-18-16-31(17-19-32)15-3-5-22-4-1-2-6-27(22)33/h1-14,28,33H,15-21H2/b5-3+. The summed E-state index contributed by atoms with van der Waals surface area (Å²) in [6.07, 6.45) is 3.67. The van der Waals surface area contributed by atoms with Crippen LogP contribution < -0.4 is 0 Å². The quantitative estimate of drug-likeness (QED) is 0.478. The third-order valence-electron chi connectivity index (χ3n) is 6.10. The van der Waals surface area contributed by atoms with Crippen molar-refractivity contribution in [3.05, 3.63) is 107 Å². The lowest BCUT2D eigenvalue weighted by Crippen LogP contribution is -2.47. The molecule has 0 spiro atoms. The van der Waals surface area contributed by atoms with Gasteiger partial charge in [-0.2, -0.15) is 0 Å². The molecule has 0 aliphatic carbocycles. The molecular formula is C28H30F2N2O2. The van der Waals surface area contributed by atoms with Gasteiger partial charge in [-0.25, -0.2) is 8.78 Å². The number of ether oxygens (including phenoxy) is 1. The highest BCUT2D eigenvalue weighted by Gasteiger charge is 2.18. The highest BCUT2D eigenvalue weighted by Crippen LogP contribution is 2.26. The normalized spacial score (nSPS) is 15.4. The summed E-state index contributed by atoms with van der Waals surface area (Å²) in [5.41, 5.74) is 2.51. The van der Waals surface area contributed by atoms with Crippen molar-refractivity contribution in [2.24, 2.45) is 0 Å². The van der Waals surface area contributed by atoms with E-state index in [4.69, 9.17) is 4.74 Å². The van der Waals surface area contributed by atoms with Gasteiger partial charge in [-0.1, -0.05) is 54.6 Å². The lowest BCUT2D eigenvalue weighted by atomic mass is 10.0. The molecule has 0 amide bonds. The van der Waals surface area contributed by atoms with Crippen molar-refractivity contribution in [1.29, 1.82) is 0 Å². The minimum Gasteiger partial charge on any atom is -0.507 e. The maximum absolute atomic E-state index is 13.4. The van der Waals surface area contributed by atoms with Gasteiger partial charge in [-0.15, -0.1) is 0 Å². The van der Waals surface area contributed by atoms with Crippen LogP contribution in [0.1, 0.15) is 22.8 Å². The predicted octanol–water partition coefficient (Wildman–Crippen LogP) is 5.11. The lowest BCUT2D eigenvalue weighted by Gasteiger charge is -2.34. The molecule has 4 rings (SSSR count). The van der Waals surface area contributed by atoms with Crippen LogP contribution in [0.25, 0.3) is 6.08 Å². The van der Waals surface area contributed by atoms with Crippen molar-refractivity contribution < 1.29 is 18.6 Å².